The molecule has 8 heteroatoms. The van der Waals surface area contributed by atoms with Crippen LogP contribution in [0, 0.1) is 0 Å². The summed E-state index contributed by atoms with van der Waals surface area (Å²) in [5.74, 6) is 2.54. The van der Waals surface area contributed by atoms with E-state index >= 15 is 0 Å². The van der Waals surface area contributed by atoms with Crippen molar-refractivity contribution in [2.45, 2.75) is 44.4 Å². The number of hydrogen-bond acceptors (Lipinski definition) is 6. The van der Waals surface area contributed by atoms with Gasteiger partial charge in [-0.05, 0) is 55.2 Å². The second kappa shape index (κ2) is 13.0. The van der Waals surface area contributed by atoms with Gasteiger partial charge in [0.1, 0.15) is 13.2 Å². The number of rotatable bonds is 12. The predicted octanol–water partition coefficient (Wildman–Crippen LogP) is 5.41. The van der Waals surface area contributed by atoms with Crippen molar-refractivity contribution >= 4 is 34.1 Å². The standard InChI is InChI=1S/C27H33N3O3S2/c1-3-13-30(14-4-2)19-35-22-9-5-20(6-10-22)7-12-26(31)29-27-28-23(18-34-27)21-8-11-24-25(17-21)33-16-15-32-24/h5-6,8-11,17-18H,3-4,7,12-16,19H2,1-2H3,(H,28,29,31)/p+1. The normalized spacial score (nSPS) is 12.7. The Balaban J connectivity index is 1.24. The van der Waals surface area contributed by atoms with Gasteiger partial charge < -0.3 is 14.8 Å². The molecule has 1 amide bonds. The Hall–Kier alpha value is -2.55. The third-order valence-electron chi connectivity index (χ3n) is 5.70. The van der Waals surface area contributed by atoms with Gasteiger partial charge in [-0.3, -0.25) is 9.69 Å². The predicted molar refractivity (Wildman–Crippen MR) is 146 cm³/mol. The van der Waals surface area contributed by atoms with Crippen LogP contribution < -0.4 is 14.8 Å². The van der Waals surface area contributed by atoms with E-state index < -0.39 is 0 Å². The summed E-state index contributed by atoms with van der Waals surface area (Å²) in [6.45, 7) is 7.90. The van der Waals surface area contributed by atoms with Gasteiger partial charge in [-0.1, -0.05) is 26.0 Å². The van der Waals surface area contributed by atoms with E-state index in [-0.39, 0.29) is 5.91 Å². The second-order valence-corrected chi connectivity index (χ2v) is 10.5. The van der Waals surface area contributed by atoms with E-state index in [1.165, 1.54) is 46.4 Å². The van der Waals surface area contributed by atoms with Crippen LogP contribution in [0.5, 0.6) is 11.5 Å². The van der Waals surface area contributed by atoms with Crippen molar-refractivity contribution in [3.8, 4) is 22.8 Å². The van der Waals surface area contributed by atoms with E-state index in [4.69, 9.17) is 9.47 Å². The number of thiol groups is 1. The number of nitrogens with zero attached hydrogens (tertiary/aromatic N) is 2. The zero-order valence-corrected chi connectivity index (χ0v) is 22.2. The minimum Gasteiger partial charge on any atom is -0.486 e. The fraction of sp³-hybridized carbons (Fsp3) is 0.407. The van der Waals surface area contributed by atoms with Crippen molar-refractivity contribution in [3.63, 3.8) is 0 Å². The van der Waals surface area contributed by atoms with Gasteiger partial charge in [0.25, 0.3) is 0 Å². The van der Waals surface area contributed by atoms with E-state index in [1.54, 1.807) is 0 Å². The highest BCUT2D eigenvalue weighted by Crippen LogP contribution is 2.35. The molecule has 3 aromatic rings. The Kier molecular flexibility index (Phi) is 9.45. The number of benzene rings is 2. The molecule has 0 saturated carbocycles. The van der Waals surface area contributed by atoms with Crippen molar-refractivity contribution in [2.24, 2.45) is 0 Å². The number of amides is 1. The number of aromatic nitrogens is 1. The topological polar surface area (TPSA) is 63.7 Å². The Labute approximate surface area is 216 Å². The smallest absolute Gasteiger partial charge is 0.226 e. The molecule has 0 saturated heterocycles. The zero-order chi connectivity index (χ0) is 24.5. The average molecular weight is 513 g/mol. The van der Waals surface area contributed by atoms with Crippen LogP contribution in [-0.4, -0.2) is 48.0 Å². The van der Waals surface area contributed by atoms with Crippen molar-refractivity contribution in [1.29, 1.82) is 0 Å². The molecule has 1 aromatic heterocycles. The van der Waals surface area contributed by atoms with Gasteiger partial charge in [0.05, 0.1) is 5.69 Å². The van der Waals surface area contributed by atoms with E-state index in [0.717, 1.165) is 41.7 Å². The molecular weight excluding hydrogens is 478 g/mol. The molecule has 2 heterocycles. The summed E-state index contributed by atoms with van der Waals surface area (Å²) >= 11 is 2.76. The van der Waals surface area contributed by atoms with Crippen molar-refractivity contribution in [2.75, 3.05) is 37.5 Å². The van der Waals surface area contributed by atoms with Crippen LogP contribution >= 0.6 is 11.3 Å². The summed E-state index contributed by atoms with van der Waals surface area (Å²) < 4.78 is 11.2. The SMILES string of the molecule is CCCN(CCC)C[SH+]c1ccc(CCC(=O)Nc2nc(-c3ccc4c(c3)OCCO4)cs2)cc1. The lowest BCUT2D eigenvalue weighted by molar-refractivity contribution is -0.116. The van der Waals surface area contributed by atoms with Crippen molar-refractivity contribution < 1.29 is 14.3 Å². The van der Waals surface area contributed by atoms with E-state index in [1.807, 2.05) is 23.6 Å². The fourth-order valence-electron chi connectivity index (χ4n) is 3.94. The molecule has 0 aliphatic carbocycles. The number of carbonyl (C=O) groups is 1. The average Bonchev–Trinajstić information content (AvgIpc) is 3.35. The lowest BCUT2D eigenvalue weighted by Gasteiger charge is -2.18. The molecule has 0 spiro atoms. The third-order valence-corrected chi connectivity index (χ3v) is 7.66. The summed E-state index contributed by atoms with van der Waals surface area (Å²) in [6, 6.07) is 14.5. The maximum atomic E-state index is 12.5. The molecule has 0 radical (unpaired) electrons. The second-order valence-electron chi connectivity index (χ2n) is 8.53. The number of nitrogens with one attached hydrogen (secondary N) is 1. The monoisotopic (exact) mass is 512 g/mol. The molecule has 1 aliphatic rings. The fourth-order valence-corrected chi connectivity index (χ4v) is 5.68. The van der Waals surface area contributed by atoms with Gasteiger partial charge in [-0.15, -0.1) is 11.3 Å². The van der Waals surface area contributed by atoms with Crippen LogP contribution in [0.4, 0.5) is 5.13 Å². The van der Waals surface area contributed by atoms with Crippen LogP contribution in [0.1, 0.15) is 38.7 Å². The molecule has 0 fully saturated rings. The number of carbonyl (C=O) groups excluding carboxylic acids is 1. The summed E-state index contributed by atoms with van der Waals surface area (Å²) in [7, 11) is 0. The maximum absolute atomic E-state index is 12.5. The lowest BCUT2D eigenvalue weighted by atomic mass is 10.1. The van der Waals surface area contributed by atoms with E-state index in [2.05, 4.69) is 53.3 Å². The van der Waals surface area contributed by atoms with Gasteiger partial charge in [0.2, 0.25) is 5.91 Å². The number of thiazole rings is 1. The largest absolute Gasteiger partial charge is 0.486 e. The summed E-state index contributed by atoms with van der Waals surface area (Å²) in [5.41, 5.74) is 2.93. The third kappa shape index (κ3) is 7.46. The minimum atomic E-state index is -0.0231. The van der Waals surface area contributed by atoms with Gasteiger partial charge in [-0.25, -0.2) is 4.98 Å². The van der Waals surface area contributed by atoms with Crippen LogP contribution in [0.3, 0.4) is 0 Å². The Morgan fingerprint density at radius 2 is 1.80 bits per heavy atom. The highest BCUT2D eigenvalue weighted by atomic mass is 32.2. The molecule has 186 valence electrons. The first-order valence-electron chi connectivity index (χ1n) is 12.3. The highest BCUT2D eigenvalue weighted by Gasteiger charge is 2.15. The molecule has 2 aromatic carbocycles. The number of ether oxygens (including phenoxy) is 2. The summed E-state index contributed by atoms with van der Waals surface area (Å²) in [5, 5.41) is 5.49. The van der Waals surface area contributed by atoms with Crippen molar-refractivity contribution in [1.82, 2.24) is 9.88 Å². The first kappa shape index (κ1) is 25.5. The molecule has 0 unspecified atom stereocenters. The van der Waals surface area contributed by atoms with Gasteiger partial charge in [-0.2, -0.15) is 0 Å². The number of fused-ring (bicyclic) bond motifs is 1. The Morgan fingerprint density at radius 3 is 2.54 bits per heavy atom. The molecule has 6 nitrogen and oxygen atoms in total. The molecule has 35 heavy (non-hydrogen) atoms. The van der Waals surface area contributed by atoms with Crippen LogP contribution in [0.2, 0.25) is 0 Å². The quantitative estimate of drug-likeness (QED) is 0.260. The molecule has 1 aliphatic heterocycles. The summed E-state index contributed by atoms with van der Waals surface area (Å²) in [4.78, 5) is 20.9. The van der Waals surface area contributed by atoms with Gasteiger partial charge in [0, 0.05) is 42.2 Å². The zero-order valence-electron chi connectivity index (χ0n) is 20.5. The van der Waals surface area contributed by atoms with E-state index in [9.17, 15) is 4.79 Å². The van der Waals surface area contributed by atoms with Gasteiger partial charge in [0.15, 0.2) is 27.4 Å². The maximum Gasteiger partial charge on any atom is 0.226 e. The molecule has 4 rings (SSSR count). The van der Waals surface area contributed by atoms with Crippen LogP contribution in [0.25, 0.3) is 11.3 Å². The van der Waals surface area contributed by atoms with E-state index in [0.29, 0.717) is 31.2 Å². The number of hydrogen-bond donors (Lipinski definition) is 1. The first-order chi connectivity index (χ1) is 17.1. The number of anilines is 1. The summed E-state index contributed by atoms with van der Waals surface area (Å²) in [6.07, 6.45) is 3.52. The Bertz CT molecular complexity index is 1100. The van der Waals surface area contributed by atoms with Crippen LogP contribution in [0.15, 0.2) is 52.7 Å². The highest BCUT2D eigenvalue weighted by molar-refractivity contribution is 7.78. The van der Waals surface area contributed by atoms with Gasteiger partial charge >= 0.3 is 0 Å². The molecule has 0 bridgehead atoms. The van der Waals surface area contributed by atoms with Crippen LogP contribution in [-0.2, 0) is 23.0 Å². The molecular formula is C27H34N3O3S2+. The molecule has 0 atom stereocenters. The Morgan fingerprint density at radius 1 is 1.06 bits per heavy atom. The first-order valence-corrected chi connectivity index (χ1v) is 14.2. The van der Waals surface area contributed by atoms with Crippen molar-refractivity contribution in [3.05, 3.63) is 53.4 Å². The minimum absolute atomic E-state index is 0.0231. The molecule has 1 N–H and O–H groups in total. The lowest BCUT2D eigenvalue weighted by Crippen LogP contribution is -2.27. The number of aryl methyl sites for hydroxylation is 1.